The molecule has 1 fully saturated rings. The topological polar surface area (TPSA) is 38.2 Å². The molecule has 4 heteroatoms. The molecule has 24 heavy (non-hydrogen) atoms. The van der Waals surface area contributed by atoms with E-state index < -0.39 is 0 Å². The van der Waals surface area contributed by atoms with Crippen molar-refractivity contribution in [1.29, 1.82) is 0 Å². The Bertz CT molecular complexity index is 749. The molecular formula is C20H25N3O. The predicted octanol–water partition coefficient (Wildman–Crippen LogP) is 3.45. The summed E-state index contributed by atoms with van der Waals surface area (Å²) in [6, 6.07) is 10.7. The van der Waals surface area contributed by atoms with E-state index >= 15 is 0 Å². The molecular weight excluding hydrogens is 298 g/mol. The van der Waals surface area contributed by atoms with Crippen LogP contribution in [0.4, 0.5) is 5.82 Å². The summed E-state index contributed by atoms with van der Waals surface area (Å²) in [6.07, 6.45) is 4.04. The molecule has 4 nitrogen and oxygen atoms in total. The normalized spacial score (nSPS) is 23.5. The molecule has 0 bridgehead atoms. The van der Waals surface area contributed by atoms with Gasteiger partial charge in [-0.3, -0.25) is 0 Å². The van der Waals surface area contributed by atoms with Crippen LogP contribution < -0.4 is 4.90 Å². The van der Waals surface area contributed by atoms with Crippen molar-refractivity contribution in [3.05, 3.63) is 53.5 Å². The largest absolute Gasteiger partial charge is 0.367 e. The second-order valence-electron chi connectivity index (χ2n) is 7.91. The van der Waals surface area contributed by atoms with Crippen molar-refractivity contribution < 1.29 is 4.74 Å². The number of ether oxygens (including phenoxy) is 1. The lowest BCUT2D eigenvalue weighted by Crippen LogP contribution is -2.49. The van der Waals surface area contributed by atoms with E-state index in [1.807, 2.05) is 12.3 Å². The van der Waals surface area contributed by atoms with E-state index in [4.69, 9.17) is 9.72 Å². The van der Waals surface area contributed by atoms with Crippen LogP contribution >= 0.6 is 0 Å². The summed E-state index contributed by atoms with van der Waals surface area (Å²) in [5, 5.41) is 0. The first-order chi connectivity index (χ1) is 11.5. The fraction of sp³-hybridized carbons (Fsp3) is 0.500. The summed E-state index contributed by atoms with van der Waals surface area (Å²) in [7, 11) is 0. The molecule has 0 radical (unpaired) electrons. The minimum atomic E-state index is -0.179. The van der Waals surface area contributed by atoms with E-state index in [9.17, 15) is 0 Å². The highest BCUT2D eigenvalue weighted by Gasteiger charge is 2.43. The highest BCUT2D eigenvalue weighted by atomic mass is 16.5. The van der Waals surface area contributed by atoms with E-state index in [0.29, 0.717) is 0 Å². The van der Waals surface area contributed by atoms with Crippen LogP contribution in [0.15, 0.2) is 36.5 Å². The number of rotatable bonds is 1. The van der Waals surface area contributed by atoms with Crippen LogP contribution in [0.3, 0.4) is 0 Å². The molecule has 4 rings (SSSR count). The van der Waals surface area contributed by atoms with Crippen molar-refractivity contribution in [3.63, 3.8) is 0 Å². The summed E-state index contributed by atoms with van der Waals surface area (Å²) < 4.78 is 6.32. The molecule has 1 aromatic carbocycles. The molecule has 1 aromatic heterocycles. The molecule has 2 aromatic rings. The van der Waals surface area contributed by atoms with Gasteiger partial charge in [-0.1, -0.05) is 45.0 Å². The summed E-state index contributed by atoms with van der Waals surface area (Å²) in [5.74, 6) is 1.91. The molecule has 1 aliphatic heterocycles. The van der Waals surface area contributed by atoms with Crippen LogP contribution in [-0.4, -0.2) is 29.7 Å². The van der Waals surface area contributed by atoms with Gasteiger partial charge in [0.25, 0.3) is 0 Å². The Morgan fingerprint density at radius 2 is 2.00 bits per heavy atom. The smallest absolute Gasteiger partial charge is 0.135 e. The third kappa shape index (κ3) is 2.59. The van der Waals surface area contributed by atoms with Crippen LogP contribution in [-0.2, 0) is 22.2 Å². The van der Waals surface area contributed by atoms with E-state index in [1.165, 1.54) is 11.1 Å². The van der Waals surface area contributed by atoms with Crippen molar-refractivity contribution in [3.8, 4) is 0 Å². The maximum Gasteiger partial charge on any atom is 0.135 e. The zero-order valence-electron chi connectivity index (χ0n) is 14.7. The average Bonchev–Trinajstić information content (AvgIpc) is 2.93. The van der Waals surface area contributed by atoms with Gasteiger partial charge >= 0.3 is 0 Å². The van der Waals surface area contributed by atoms with Gasteiger partial charge in [-0.2, -0.15) is 0 Å². The number of benzene rings is 1. The molecule has 2 heterocycles. The number of aromatic nitrogens is 2. The number of fused-ring (bicyclic) bond motifs is 2. The first-order valence-corrected chi connectivity index (χ1v) is 8.79. The lowest BCUT2D eigenvalue weighted by atomic mass is 9.93. The second-order valence-corrected chi connectivity index (χ2v) is 7.91. The third-order valence-corrected chi connectivity index (χ3v) is 5.13. The van der Waals surface area contributed by atoms with Gasteiger partial charge in [0, 0.05) is 18.2 Å². The van der Waals surface area contributed by atoms with Crippen LogP contribution in [0.2, 0.25) is 0 Å². The van der Waals surface area contributed by atoms with Crippen LogP contribution in [0.25, 0.3) is 0 Å². The van der Waals surface area contributed by atoms with Gasteiger partial charge in [0.1, 0.15) is 17.2 Å². The number of nitrogens with zero attached hydrogens (tertiary/aromatic N) is 3. The fourth-order valence-electron chi connectivity index (χ4n) is 3.83. The van der Waals surface area contributed by atoms with Crippen molar-refractivity contribution in [2.45, 2.75) is 44.6 Å². The number of hydrogen-bond acceptors (Lipinski definition) is 4. The summed E-state index contributed by atoms with van der Waals surface area (Å²) >= 11 is 0. The standard InChI is InChI=1S/C20H25N3O/c1-19(2,3)18-21-11-9-17(22-18)23-12-13-24-20(14-23)10-8-15-6-4-5-7-16(15)20/h4-7,9,11H,8,10,12-14H2,1-3H3. The summed E-state index contributed by atoms with van der Waals surface area (Å²) in [5.41, 5.74) is 2.57. The Kier molecular flexibility index (Phi) is 3.61. The number of aryl methyl sites for hydroxylation is 1. The van der Waals surface area contributed by atoms with Crippen LogP contribution in [0.1, 0.15) is 44.1 Å². The van der Waals surface area contributed by atoms with Crippen LogP contribution in [0, 0.1) is 0 Å². The molecule has 1 aliphatic carbocycles. The van der Waals surface area contributed by atoms with Gasteiger partial charge in [-0.05, 0) is 30.0 Å². The first kappa shape index (κ1) is 15.6. The van der Waals surface area contributed by atoms with Crippen LogP contribution in [0.5, 0.6) is 0 Å². The molecule has 1 atom stereocenters. The maximum absolute atomic E-state index is 6.32. The van der Waals surface area contributed by atoms with Gasteiger partial charge in [0.05, 0.1) is 13.2 Å². The van der Waals surface area contributed by atoms with E-state index in [-0.39, 0.29) is 11.0 Å². The van der Waals surface area contributed by atoms with E-state index in [2.05, 4.69) is 54.9 Å². The SMILES string of the molecule is CC(C)(C)c1nccc(N2CCOC3(CCc4ccccc43)C2)n1. The Labute approximate surface area is 143 Å². The summed E-state index contributed by atoms with van der Waals surface area (Å²) in [6.45, 7) is 8.94. The minimum absolute atomic E-state index is 0.0417. The highest BCUT2D eigenvalue weighted by molar-refractivity contribution is 5.44. The lowest BCUT2D eigenvalue weighted by molar-refractivity contribution is -0.0594. The predicted molar refractivity (Wildman–Crippen MR) is 95.3 cm³/mol. The molecule has 0 N–H and O–H groups in total. The lowest BCUT2D eigenvalue weighted by Gasteiger charge is -2.42. The molecule has 1 saturated heterocycles. The quantitative estimate of drug-likeness (QED) is 0.806. The molecule has 1 unspecified atom stereocenters. The highest BCUT2D eigenvalue weighted by Crippen LogP contribution is 2.42. The number of anilines is 1. The zero-order valence-corrected chi connectivity index (χ0v) is 14.7. The average molecular weight is 323 g/mol. The third-order valence-electron chi connectivity index (χ3n) is 5.13. The second kappa shape index (κ2) is 5.55. The monoisotopic (exact) mass is 323 g/mol. The van der Waals surface area contributed by atoms with Gasteiger partial charge in [0.2, 0.25) is 0 Å². The van der Waals surface area contributed by atoms with E-state index in [1.54, 1.807) is 0 Å². The Balaban J connectivity index is 1.65. The van der Waals surface area contributed by atoms with Gasteiger partial charge in [-0.15, -0.1) is 0 Å². The Hall–Kier alpha value is -1.94. The van der Waals surface area contributed by atoms with Crippen molar-refractivity contribution in [2.24, 2.45) is 0 Å². The molecule has 2 aliphatic rings. The number of morpholine rings is 1. The molecule has 0 saturated carbocycles. The minimum Gasteiger partial charge on any atom is -0.367 e. The Morgan fingerprint density at radius 1 is 1.17 bits per heavy atom. The van der Waals surface area contributed by atoms with Crippen molar-refractivity contribution in [1.82, 2.24) is 9.97 Å². The number of hydrogen-bond donors (Lipinski definition) is 0. The maximum atomic E-state index is 6.32. The molecule has 126 valence electrons. The molecule has 0 amide bonds. The zero-order chi connectivity index (χ0) is 16.8. The molecule has 1 spiro atoms. The fourth-order valence-corrected chi connectivity index (χ4v) is 3.83. The Morgan fingerprint density at radius 3 is 2.83 bits per heavy atom. The summed E-state index contributed by atoms with van der Waals surface area (Å²) in [4.78, 5) is 11.7. The van der Waals surface area contributed by atoms with Crippen molar-refractivity contribution >= 4 is 5.82 Å². The van der Waals surface area contributed by atoms with Gasteiger partial charge in [0.15, 0.2) is 0 Å². The van der Waals surface area contributed by atoms with Gasteiger partial charge < -0.3 is 9.64 Å². The van der Waals surface area contributed by atoms with Gasteiger partial charge in [-0.25, -0.2) is 9.97 Å². The van der Waals surface area contributed by atoms with Crippen molar-refractivity contribution in [2.75, 3.05) is 24.6 Å². The van der Waals surface area contributed by atoms with E-state index in [0.717, 1.165) is 44.2 Å². The first-order valence-electron chi connectivity index (χ1n) is 8.79.